The van der Waals surface area contributed by atoms with E-state index in [-0.39, 0.29) is 23.4 Å². The number of aryl methyl sites for hydroxylation is 2. The Bertz CT molecular complexity index is 1400. The lowest BCUT2D eigenvalue weighted by molar-refractivity contribution is -0.116. The Labute approximate surface area is 190 Å². The molecular formula is C26H23N3O4. The van der Waals surface area contributed by atoms with Crippen molar-refractivity contribution >= 4 is 28.4 Å². The van der Waals surface area contributed by atoms with Crippen molar-refractivity contribution < 1.29 is 14.3 Å². The Morgan fingerprint density at radius 2 is 1.67 bits per heavy atom. The van der Waals surface area contributed by atoms with Crippen LogP contribution in [0.5, 0.6) is 5.75 Å². The minimum atomic E-state index is -0.408. The molecular weight excluding hydrogens is 418 g/mol. The summed E-state index contributed by atoms with van der Waals surface area (Å²) in [6.07, 6.45) is 1.42. The van der Waals surface area contributed by atoms with Gasteiger partial charge < -0.3 is 14.6 Å². The van der Waals surface area contributed by atoms with Gasteiger partial charge in [0.2, 0.25) is 11.3 Å². The number of ether oxygens (including phenoxy) is 1. The standard InChI is InChI=1S/C26H23N3O4/c1-16-4-7-18(8-5-16)24(31)22-14-29(26-21(25(22)32)13-6-17(2)27-26)15-23(30)28-19-9-11-20(33-3)12-10-19/h4-14H,15H2,1-3H3,(H,28,30). The fourth-order valence-electron chi connectivity index (χ4n) is 3.53. The third-order valence-electron chi connectivity index (χ3n) is 5.31. The van der Waals surface area contributed by atoms with Crippen molar-refractivity contribution in [3.63, 3.8) is 0 Å². The summed E-state index contributed by atoms with van der Waals surface area (Å²) in [5.41, 5.74) is 2.66. The van der Waals surface area contributed by atoms with E-state index in [2.05, 4.69) is 10.3 Å². The number of pyridine rings is 2. The molecule has 33 heavy (non-hydrogen) atoms. The van der Waals surface area contributed by atoms with Gasteiger partial charge in [-0.1, -0.05) is 29.8 Å². The molecule has 0 saturated heterocycles. The second-order valence-electron chi connectivity index (χ2n) is 7.80. The van der Waals surface area contributed by atoms with Gasteiger partial charge in [0.15, 0.2) is 5.78 Å². The molecule has 2 aromatic heterocycles. The van der Waals surface area contributed by atoms with E-state index >= 15 is 0 Å². The van der Waals surface area contributed by atoms with Crippen LogP contribution in [-0.2, 0) is 11.3 Å². The second kappa shape index (κ2) is 9.08. The summed E-state index contributed by atoms with van der Waals surface area (Å²) < 4.78 is 6.68. The van der Waals surface area contributed by atoms with E-state index in [1.165, 1.54) is 6.20 Å². The molecule has 1 amide bonds. The topological polar surface area (TPSA) is 90.3 Å². The first kappa shape index (κ1) is 22.0. The molecule has 0 atom stereocenters. The van der Waals surface area contributed by atoms with Gasteiger partial charge in [0.1, 0.15) is 17.9 Å². The molecule has 0 aliphatic carbocycles. The molecule has 0 saturated carbocycles. The largest absolute Gasteiger partial charge is 0.497 e. The van der Waals surface area contributed by atoms with Crippen LogP contribution in [0.2, 0.25) is 0 Å². The second-order valence-corrected chi connectivity index (χ2v) is 7.80. The number of carbonyl (C=O) groups is 2. The smallest absolute Gasteiger partial charge is 0.244 e. The summed E-state index contributed by atoms with van der Waals surface area (Å²) in [6.45, 7) is 3.61. The fraction of sp³-hybridized carbons (Fsp3) is 0.154. The molecule has 4 aromatic rings. The van der Waals surface area contributed by atoms with Crippen LogP contribution in [0.1, 0.15) is 27.2 Å². The molecule has 1 N–H and O–H groups in total. The molecule has 2 aromatic carbocycles. The molecule has 7 heteroatoms. The Morgan fingerprint density at radius 3 is 2.33 bits per heavy atom. The number of anilines is 1. The lowest BCUT2D eigenvalue weighted by Gasteiger charge is -2.13. The van der Waals surface area contributed by atoms with E-state index in [4.69, 9.17) is 4.74 Å². The third kappa shape index (κ3) is 4.67. The fourth-order valence-corrected chi connectivity index (χ4v) is 3.53. The summed E-state index contributed by atoms with van der Waals surface area (Å²) in [4.78, 5) is 43.5. The van der Waals surface area contributed by atoms with Gasteiger partial charge in [-0.05, 0) is 50.2 Å². The van der Waals surface area contributed by atoms with Gasteiger partial charge in [0.05, 0.1) is 18.1 Å². The zero-order valence-corrected chi connectivity index (χ0v) is 18.6. The van der Waals surface area contributed by atoms with Crippen molar-refractivity contribution in [1.82, 2.24) is 9.55 Å². The van der Waals surface area contributed by atoms with Crippen LogP contribution in [0.15, 0.2) is 71.7 Å². The summed E-state index contributed by atoms with van der Waals surface area (Å²) >= 11 is 0. The number of ketones is 1. The number of methoxy groups -OCH3 is 1. The molecule has 0 radical (unpaired) electrons. The number of hydrogen-bond donors (Lipinski definition) is 1. The number of amides is 1. The van der Waals surface area contributed by atoms with Crippen molar-refractivity contribution in [2.24, 2.45) is 0 Å². The van der Waals surface area contributed by atoms with Gasteiger partial charge in [-0.2, -0.15) is 0 Å². The first-order valence-corrected chi connectivity index (χ1v) is 10.4. The molecule has 0 fully saturated rings. The van der Waals surface area contributed by atoms with Crippen molar-refractivity contribution in [2.75, 3.05) is 12.4 Å². The summed E-state index contributed by atoms with van der Waals surface area (Å²) in [5.74, 6) is -0.0349. The first-order valence-electron chi connectivity index (χ1n) is 10.4. The number of benzene rings is 2. The Hall–Kier alpha value is -4.26. The third-order valence-corrected chi connectivity index (χ3v) is 5.31. The van der Waals surface area contributed by atoms with Gasteiger partial charge in [0.25, 0.3) is 0 Å². The lowest BCUT2D eigenvalue weighted by atomic mass is 10.0. The van der Waals surface area contributed by atoms with Crippen LogP contribution >= 0.6 is 0 Å². The minimum Gasteiger partial charge on any atom is -0.497 e. The van der Waals surface area contributed by atoms with Crippen LogP contribution in [0.25, 0.3) is 11.0 Å². The van der Waals surface area contributed by atoms with Crippen molar-refractivity contribution in [2.45, 2.75) is 20.4 Å². The monoisotopic (exact) mass is 441 g/mol. The average Bonchev–Trinajstić information content (AvgIpc) is 2.81. The van der Waals surface area contributed by atoms with Gasteiger partial charge in [-0.15, -0.1) is 0 Å². The number of aromatic nitrogens is 2. The molecule has 0 bridgehead atoms. The van der Waals surface area contributed by atoms with Crippen molar-refractivity contribution in [1.29, 1.82) is 0 Å². The number of nitrogens with one attached hydrogen (secondary N) is 1. The number of fused-ring (bicyclic) bond motifs is 1. The Morgan fingerprint density at radius 1 is 0.970 bits per heavy atom. The molecule has 7 nitrogen and oxygen atoms in total. The zero-order chi connectivity index (χ0) is 23.5. The van der Waals surface area contributed by atoms with Crippen LogP contribution in [0.4, 0.5) is 5.69 Å². The number of rotatable bonds is 6. The molecule has 0 unspecified atom stereocenters. The zero-order valence-electron chi connectivity index (χ0n) is 18.6. The molecule has 0 spiro atoms. The molecule has 2 heterocycles. The minimum absolute atomic E-state index is 0.00532. The average molecular weight is 441 g/mol. The molecule has 0 aliphatic rings. The quantitative estimate of drug-likeness (QED) is 0.459. The number of nitrogens with zero attached hydrogens (tertiary/aromatic N) is 2. The van der Waals surface area contributed by atoms with Gasteiger partial charge in [-0.3, -0.25) is 14.4 Å². The van der Waals surface area contributed by atoms with E-state index < -0.39 is 11.2 Å². The highest BCUT2D eigenvalue weighted by Crippen LogP contribution is 2.17. The maximum absolute atomic E-state index is 13.1. The maximum atomic E-state index is 13.1. The molecule has 166 valence electrons. The summed E-state index contributed by atoms with van der Waals surface area (Å²) in [5, 5.41) is 3.10. The van der Waals surface area contributed by atoms with Gasteiger partial charge in [0, 0.05) is 23.1 Å². The first-order chi connectivity index (χ1) is 15.9. The van der Waals surface area contributed by atoms with E-state index in [1.54, 1.807) is 67.1 Å². The van der Waals surface area contributed by atoms with E-state index in [1.807, 2.05) is 19.1 Å². The summed E-state index contributed by atoms with van der Waals surface area (Å²) in [6, 6.07) is 17.3. The van der Waals surface area contributed by atoms with Crippen molar-refractivity contribution in [3.8, 4) is 5.75 Å². The van der Waals surface area contributed by atoms with Crippen LogP contribution < -0.4 is 15.5 Å². The normalized spacial score (nSPS) is 10.8. The van der Waals surface area contributed by atoms with E-state index in [9.17, 15) is 14.4 Å². The van der Waals surface area contributed by atoms with E-state index in [0.717, 1.165) is 5.56 Å². The molecule has 0 aliphatic heterocycles. The number of carbonyl (C=O) groups excluding carboxylic acids is 2. The van der Waals surface area contributed by atoms with Crippen LogP contribution in [-0.4, -0.2) is 28.4 Å². The number of hydrogen-bond acceptors (Lipinski definition) is 5. The Kier molecular flexibility index (Phi) is 6.04. The van der Waals surface area contributed by atoms with E-state index in [0.29, 0.717) is 28.3 Å². The van der Waals surface area contributed by atoms with Crippen molar-refractivity contribution in [3.05, 3.63) is 99.5 Å². The predicted octanol–water partition coefficient (Wildman–Crippen LogP) is 3.89. The highest BCUT2D eigenvalue weighted by molar-refractivity contribution is 6.10. The van der Waals surface area contributed by atoms with Gasteiger partial charge in [-0.25, -0.2) is 4.98 Å². The maximum Gasteiger partial charge on any atom is 0.244 e. The van der Waals surface area contributed by atoms with Gasteiger partial charge >= 0.3 is 0 Å². The predicted molar refractivity (Wildman–Crippen MR) is 127 cm³/mol. The van der Waals surface area contributed by atoms with Crippen LogP contribution in [0, 0.1) is 13.8 Å². The Balaban J connectivity index is 1.72. The SMILES string of the molecule is COc1ccc(NC(=O)Cn2cc(C(=O)c3ccc(C)cc3)c(=O)c3ccc(C)nc32)cc1. The highest BCUT2D eigenvalue weighted by atomic mass is 16.5. The highest BCUT2D eigenvalue weighted by Gasteiger charge is 2.19. The lowest BCUT2D eigenvalue weighted by Crippen LogP contribution is -2.25. The van der Waals surface area contributed by atoms with Crippen LogP contribution in [0.3, 0.4) is 0 Å². The molecule has 4 rings (SSSR count). The summed E-state index contributed by atoms with van der Waals surface area (Å²) in [7, 11) is 1.57.